The molecule has 1 saturated heterocycles. The zero-order valence-corrected chi connectivity index (χ0v) is 11.2. The van der Waals surface area contributed by atoms with Crippen LogP contribution in [0.15, 0.2) is 24.3 Å². The van der Waals surface area contributed by atoms with Crippen LogP contribution >= 0.6 is 0 Å². The first-order chi connectivity index (χ1) is 8.74. The van der Waals surface area contributed by atoms with E-state index in [0.717, 1.165) is 37.5 Å². The molecule has 1 fully saturated rings. The molecule has 1 aliphatic rings. The van der Waals surface area contributed by atoms with Gasteiger partial charge in [-0.15, -0.1) is 0 Å². The Kier molecular flexibility index (Phi) is 4.58. The van der Waals surface area contributed by atoms with Crippen molar-refractivity contribution in [3.63, 3.8) is 0 Å². The predicted octanol–water partition coefficient (Wildman–Crippen LogP) is 0.976. The normalized spacial score (nSPS) is 19.7. The molecular weight excluding hydrogens is 228 g/mol. The Morgan fingerprint density at radius 2 is 1.78 bits per heavy atom. The van der Waals surface area contributed by atoms with Crippen LogP contribution in [-0.2, 0) is 0 Å². The van der Waals surface area contributed by atoms with Gasteiger partial charge in [0.25, 0.3) is 0 Å². The molecule has 4 heteroatoms. The SMILES string of the molecule is COc1ccc(C(CO)N2CCN(C)CC2)cc1. The maximum Gasteiger partial charge on any atom is 0.118 e. The van der Waals surface area contributed by atoms with Crippen molar-refractivity contribution in [2.45, 2.75) is 6.04 Å². The highest BCUT2D eigenvalue weighted by molar-refractivity contribution is 5.29. The summed E-state index contributed by atoms with van der Waals surface area (Å²) in [5.41, 5.74) is 1.16. The summed E-state index contributed by atoms with van der Waals surface area (Å²) < 4.78 is 5.16. The van der Waals surface area contributed by atoms with Crippen molar-refractivity contribution in [3.8, 4) is 5.75 Å². The summed E-state index contributed by atoms with van der Waals surface area (Å²) in [5.74, 6) is 0.855. The van der Waals surface area contributed by atoms with E-state index in [-0.39, 0.29) is 12.6 Å². The van der Waals surface area contributed by atoms with Gasteiger partial charge in [0.1, 0.15) is 5.75 Å². The summed E-state index contributed by atoms with van der Waals surface area (Å²) in [5, 5.41) is 9.64. The summed E-state index contributed by atoms with van der Waals surface area (Å²) in [4.78, 5) is 4.67. The van der Waals surface area contributed by atoms with Crippen molar-refractivity contribution in [3.05, 3.63) is 29.8 Å². The molecule has 0 bridgehead atoms. The summed E-state index contributed by atoms with van der Waals surface area (Å²) in [6.07, 6.45) is 0. The Morgan fingerprint density at radius 1 is 1.17 bits per heavy atom. The number of methoxy groups -OCH3 is 1. The topological polar surface area (TPSA) is 35.9 Å². The van der Waals surface area contributed by atoms with Crippen molar-refractivity contribution in [1.29, 1.82) is 0 Å². The number of nitrogens with zero attached hydrogens (tertiary/aromatic N) is 2. The number of hydrogen-bond acceptors (Lipinski definition) is 4. The second kappa shape index (κ2) is 6.18. The molecule has 1 aromatic carbocycles. The second-order valence-electron chi connectivity index (χ2n) is 4.81. The number of ether oxygens (including phenoxy) is 1. The minimum Gasteiger partial charge on any atom is -0.497 e. The quantitative estimate of drug-likeness (QED) is 0.864. The van der Waals surface area contributed by atoms with E-state index in [9.17, 15) is 5.11 Å². The Labute approximate surface area is 109 Å². The van der Waals surface area contributed by atoms with Gasteiger partial charge in [0.15, 0.2) is 0 Å². The molecule has 0 radical (unpaired) electrons. The van der Waals surface area contributed by atoms with Gasteiger partial charge in [0.2, 0.25) is 0 Å². The van der Waals surface area contributed by atoms with Crippen molar-refractivity contribution in [1.82, 2.24) is 9.80 Å². The number of likely N-dealkylation sites (N-methyl/N-ethyl adjacent to an activating group) is 1. The first-order valence-electron chi connectivity index (χ1n) is 6.42. The average Bonchev–Trinajstić information content (AvgIpc) is 2.42. The molecule has 1 aliphatic heterocycles. The van der Waals surface area contributed by atoms with Gasteiger partial charge in [-0.1, -0.05) is 12.1 Å². The van der Waals surface area contributed by atoms with E-state index >= 15 is 0 Å². The van der Waals surface area contributed by atoms with Crippen molar-refractivity contribution in [2.75, 3.05) is 46.9 Å². The Morgan fingerprint density at radius 3 is 2.28 bits per heavy atom. The van der Waals surface area contributed by atoms with Gasteiger partial charge >= 0.3 is 0 Å². The third kappa shape index (κ3) is 3.02. The molecule has 18 heavy (non-hydrogen) atoms. The zero-order chi connectivity index (χ0) is 13.0. The third-order valence-electron chi connectivity index (χ3n) is 3.65. The van der Waals surface area contributed by atoms with E-state index in [0.29, 0.717) is 0 Å². The molecule has 0 aromatic heterocycles. The number of piperazine rings is 1. The third-order valence-corrected chi connectivity index (χ3v) is 3.65. The molecule has 0 aliphatic carbocycles. The van der Waals surface area contributed by atoms with Crippen LogP contribution in [0.25, 0.3) is 0 Å². The molecule has 1 atom stereocenters. The lowest BCUT2D eigenvalue weighted by molar-refractivity contribution is 0.0748. The number of benzene rings is 1. The minimum absolute atomic E-state index is 0.101. The molecule has 2 rings (SSSR count). The Hall–Kier alpha value is -1.10. The zero-order valence-electron chi connectivity index (χ0n) is 11.2. The fraction of sp³-hybridized carbons (Fsp3) is 0.571. The second-order valence-corrected chi connectivity index (χ2v) is 4.81. The molecule has 1 aromatic rings. The lowest BCUT2D eigenvalue weighted by atomic mass is 10.0. The van der Waals surface area contributed by atoms with E-state index in [1.807, 2.05) is 24.3 Å². The van der Waals surface area contributed by atoms with Gasteiger partial charge in [0, 0.05) is 26.2 Å². The lowest BCUT2D eigenvalue weighted by Gasteiger charge is -2.37. The van der Waals surface area contributed by atoms with Crippen LogP contribution in [0.5, 0.6) is 5.75 Å². The van der Waals surface area contributed by atoms with E-state index < -0.39 is 0 Å². The monoisotopic (exact) mass is 250 g/mol. The number of aliphatic hydroxyl groups excluding tert-OH is 1. The fourth-order valence-corrected chi connectivity index (χ4v) is 2.39. The summed E-state index contributed by atoms with van der Waals surface area (Å²) >= 11 is 0. The van der Waals surface area contributed by atoms with Crippen LogP contribution < -0.4 is 4.74 Å². The Bertz CT molecular complexity index is 359. The van der Waals surface area contributed by atoms with Gasteiger partial charge in [-0.05, 0) is 24.7 Å². The molecule has 100 valence electrons. The molecule has 1 heterocycles. The standard InChI is InChI=1S/C14H22N2O2/c1-15-7-9-16(10-8-15)14(11-17)12-3-5-13(18-2)6-4-12/h3-6,14,17H,7-11H2,1-2H3. The summed E-state index contributed by atoms with van der Waals surface area (Å²) in [6.45, 7) is 4.30. The Balaban J connectivity index is 2.07. The number of aliphatic hydroxyl groups is 1. The van der Waals surface area contributed by atoms with Crippen LogP contribution in [0.1, 0.15) is 11.6 Å². The van der Waals surface area contributed by atoms with Crippen LogP contribution in [0.3, 0.4) is 0 Å². The van der Waals surface area contributed by atoms with Gasteiger partial charge in [0.05, 0.1) is 19.8 Å². The highest BCUT2D eigenvalue weighted by Gasteiger charge is 2.23. The largest absolute Gasteiger partial charge is 0.497 e. The molecule has 0 saturated carbocycles. The maximum atomic E-state index is 9.64. The van der Waals surface area contributed by atoms with Crippen molar-refractivity contribution >= 4 is 0 Å². The molecule has 1 N–H and O–H groups in total. The predicted molar refractivity (Wildman–Crippen MR) is 71.9 cm³/mol. The number of hydrogen-bond donors (Lipinski definition) is 1. The maximum absolute atomic E-state index is 9.64. The van der Waals surface area contributed by atoms with Crippen molar-refractivity contribution in [2.24, 2.45) is 0 Å². The highest BCUT2D eigenvalue weighted by Crippen LogP contribution is 2.23. The summed E-state index contributed by atoms with van der Waals surface area (Å²) in [6, 6.07) is 8.09. The first-order valence-corrected chi connectivity index (χ1v) is 6.42. The summed E-state index contributed by atoms with van der Waals surface area (Å²) in [7, 11) is 3.80. The lowest BCUT2D eigenvalue weighted by Crippen LogP contribution is -2.46. The van der Waals surface area contributed by atoms with E-state index in [1.165, 1.54) is 0 Å². The minimum atomic E-state index is 0.101. The number of rotatable bonds is 4. The molecule has 0 amide bonds. The smallest absolute Gasteiger partial charge is 0.118 e. The molecule has 1 unspecified atom stereocenters. The van der Waals surface area contributed by atoms with Crippen LogP contribution in [0.4, 0.5) is 0 Å². The average molecular weight is 250 g/mol. The van der Waals surface area contributed by atoms with Gasteiger partial charge in [-0.3, -0.25) is 4.90 Å². The molecular formula is C14H22N2O2. The van der Waals surface area contributed by atoms with Crippen LogP contribution in [-0.4, -0.2) is 61.8 Å². The van der Waals surface area contributed by atoms with Gasteiger partial charge in [-0.25, -0.2) is 0 Å². The highest BCUT2D eigenvalue weighted by atomic mass is 16.5. The van der Waals surface area contributed by atoms with Gasteiger partial charge in [-0.2, -0.15) is 0 Å². The van der Waals surface area contributed by atoms with Crippen LogP contribution in [0.2, 0.25) is 0 Å². The molecule has 4 nitrogen and oxygen atoms in total. The van der Waals surface area contributed by atoms with Gasteiger partial charge < -0.3 is 14.7 Å². The van der Waals surface area contributed by atoms with Crippen LogP contribution in [0, 0.1) is 0 Å². The van der Waals surface area contributed by atoms with Crippen molar-refractivity contribution < 1.29 is 9.84 Å². The van der Waals surface area contributed by atoms with E-state index in [2.05, 4.69) is 16.8 Å². The van der Waals surface area contributed by atoms with E-state index in [1.54, 1.807) is 7.11 Å². The van der Waals surface area contributed by atoms with E-state index in [4.69, 9.17) is 4.74 Å². The first kappa shape index (κ1) is 13.3. The fourth-order valence-electron chi connectivity index (χ4n) is 2.39. The molecule has 0 spiro atoms.